The summed E-state index contributed by atoms with van der Waals surface area (Å²) in [6.07, 6.45) is 0.187. The third-order valence-corrected chi connectivity index (χ3v) is 6.07. The van der Waals surface area contributed by atoms with E-state index in [0.29, 0.717) is 5.75 Å². The number of para-hydroxylation sites is 1. The van der Waals surface area contributed by atoms with Crippen LogP contribution in [0.15, 0.2) is 30.3 Å². The molecule has 2 unspecified atom stereocenters. The number of hydrogen-bond acceptors (Lipinski definition) is 4. The van der Waals surface area contributed by atoms with E-state index in [0.717, 1.165) is 0 Å². The zero-order valence-corrected chi connectivity index (χ0v) is 12.7. The van der Waals surface area contributed by atoms with Crippen molar-refractivity contribution in [3.63, 3.8) is 0 Å². The molecule has 4 nitrogen and oxygen atoms in total. The summed E-state index contributed by atoms with van der Waals surface area (Å²) in [7, 11) is -1.61. The molecule has 0 bridgehead atoms. The Labute approximate surface area is 114 Å². The molecule has 0 amide bonds. The summed E-state index contributed by atoms with van der Waals surface area (Å²) in [5, 5.41) is 0. The number of hydrogen-bond donors (Lipinski definition) is 0. The largest absolute Gasteiger partial charge is 0.469 e. The monoisotopic (exact) mass is 284 g/mol. The summed E-state index contributed by atoms with van der Waals surface area (Å²) < 4.78 is 23.2. The number of carbonyl (C=O) groups excluding carboxylic acids is 1. The molecule has 5 heteroatoms. The Morgan fingerprint density at radius 3 is 2.26 bits per heavy atom. The maximum Gasteiger partial charge on any atom is 0.308 e. The second-order valence-corrected chi connectivity index (χ2v) is 7.86. The third-order valence-electron chi connectivity index (χ3n) is 2.92. The third kappa shape index (κ3) is 4.39. The van der Waals surface area contributed by atoms with Gasteiger partial charge in [-0.05, 0) is 12.1 Å². The van der Waals surface area contributed by atoms with Crippen molar-refractivity contribution in [1.82, 2.24) is 0 Å². The highest BCUT2D eigenvalue weighted by Gasteiger charge is 2.33. The first-order valence-corrected chi connectivity index (χ1v) is 8.18. The molecule has 0 heterocycles. The van der Waals surface area contributed by atoms with E-state index in [1.807, 2.05) is 32.0 Å². The zero-order chi connectivity index (χ0) is 14.5. The molecule has 1 aromatic rings. The molecule has 0 radical (unpaired) electrons. The van der Waals surface area contributed by atoms with Crippen LogP contribution >= 0.6 is 7.37 Å². The fourth-order valence-electron chi connectivity index (χ4n) is 1.67. The maximum atomic E-state index is 12.9. The van der Waals surface area contributed by atoms with Gasteiger partial charge in [0.2, 0.25) is 0 Å². The zero-order valence-electron chi connectivity index (χ0n) is 11.8. The Kier molecular flexibility index (Phi) is 5.61. The predicted octanol–water partition coefficient (Wildman–Crippen LogP) is 3.56. The van der Waals surface area contributed by atoms with Gasteiger partial charge in [-0.2, -0.15) is 0 Å². The number of ether oxygens (including phenoxy) is 1. The lowest BCUT2D eigenvalue weighted by molar-refractivity contribution is -0.144. The van der Waals surface area contributed by atoms with Gasteiger partial charge in [0.15, 0.2) is 0 Å². The van der Waals surface area contributed by atoms with E-state index in [1.54, 1.807) is 19.1 Å². The van der Waals surface area contributed by atoms with Crippen LogP contribution in [0.5, 0.6) is 5.75 Å². The van der Waals surface area contributed by atoms with Crippen molar-refractivity contribution in [1.29, 1.82) is 0 Å². The van der Waals surface area contributed by atoms with Crippen molar-refractivity contribution in [2.75, 3.05) is 13.3 Å². The first-order chi connectivity index (χ1) is 8.89. The van der Waals surface area contributed by atoms with Crippen LogP contribution < -0.4 is 4.52 Å². The maximum absolute atomic E-state index is 12.9. The van der Waals surface area contributed by atoms with E-state index in [2.05, 4.69) is 4.74 Å². The van der Waals surface area contributed by atoms with Gasteiger partial charge in [-0.25, -0.2) is 0 Å². The van der Waals surface area contributed by atoms with Gasteiger partial charge in [0.25, 0.3) is 7.37 Å². The fraction of sp³-hybridized carbons (Fsp3) is 0.500. The highest BCUT2D eigenvalue weighted by molar-refractivity contribution is 7.60. The molecule has 1 rings (SSSR count). The van der Waals surface area contributed by atoms with Gasteiger partial charge in [0, 0.05) is 11.8 Å². The van der Waals surface area contributed by atoms with E-state index < -0.39 is 13.3 Å². The molecule has 1 aromatic carbocycles. The van der Waals surface area contributed by atoms with Crippen molar-refractivity contribution in [3.05, 3.63) is 30.3 Å². The summed E-state index contributed by atoms with van der Waals surface area (Å²) in [6, 6.07) is 9.04. The van der Waals surface area contributed by atoms with Crippen molar-refractivity contribution in [2.24, 2.45) is 5.92 Å². The molecule has 19 heavy (non-hydrogen) atoms. The lowest BCUT2D eigenvalue weighted by Crippen LogP contribution is -2.21. The Bertz CT molecular complexity index is 456. The van der Waals surface area contributed by atoms with Gasteiger partial charge in [0.1, 0.15) is 5.75 Å². The number of methoxy groups -OCH3 is 1. The van der Waals surface area contributed by atoms with E-state index in [-0.39, 0.29) is 17.8 Å². The smallest absolute Gasteiger partial charge is 0.308 e. The summed E-state index contributed by atoms with van der Waals surface area (Å²) >= 11 is 0. The molecule has 0 aliphatic carbocycles. The van der Waals surface area contributed by atoms with Gasteiger partial charge in [-0.15, -0.1) is 0 Å². The second-order valence-electron chi connectivity index (χ2n) is 4.83. The van der Waals surface area contributed by atoms with Crippen LogP contribution in [0.3, 0.4) is 0 Å². The van der Waals surface area contributed by atoms with Crippen LogP contribution in [0.2, 0.25) is 0 Å². The fourth-order valence-corrected chi connectivity index (χ4v) is 3.77. The highest BCUT2D eigenvalue weighted by Crippen LogP contribution is 2.52. The van der Waals surface area contributed by atoms with Crippen LogP contribution in [0, 0.1) is 5.92 Å². The van der Waals surface area contributed by atoms with Gasteiger partial charge in [0.05, 0.1) is 13.0 Å². The lowest BCUT2D eigenvalue weighted by Gasteiger charge is -2.25. The van der Waals surface area contributed by atoms with E-state index >= 15 is 0 Å². The quantitative estimate of drug-likeness (QED) is 0.592. The van der Waals surface area contributed by atoms with Gasteiger partial charge < -0.3 is 9.26 Å². The van der Waals surface area contributed by atoms with Crippen LogP contribution in [0.1, 0.15) is 20.8 Å². The summed E-state index contributed by atoms with van der Waals surface area (Å²) in [6.45, 7) is 5.39. The first kappa shape index (κ1) is 15.8. The van der Waals surface area contributed by atoms with Crippen LogP contribution in [0.4, 0.5) is 0 Å². The predicted molar refractivity (Wildman–Crippen MR) is 75.9 cm³/mol. The molecule has 0 aliphatic heterocycles. The molecule has 106 valence electrons. The summed E-state index contributed by atoms with van der Waals surface area (Å²) in [4.78, 5) is 11.5. The second kappa shape index (κ2) is 6.76. The lowest BCUT2D eigenvalue weighted by atomic mass is 10.2. The summed E-state index contributed by atoms with van der Waals surface area (Å²) in [5.41, 5.74) is -0.153. The number of rotatable bonds is 6. The SMILES string of the molecule is COC(=O)C(C)CP(=O)(Oc1ccccc1)C(C)C. The summed E-state index contributed by atoms with van der Waals surface area (Å²) in [5.74, 6) is -0.240. The van der Waals surface area contributed by atoms with Crippen molar-refractivity contribution in [2.45, 2.75) is 26.4 Å². The minimum absolute atomic E-state index is 0.153. The molecule has 2 atom stereocenters. The molecular formula is C14H21O4P. The Morgan fingerprint density at radius 2 is 1.79 bits per heavy atom. The van der Waals surface area contributed by atoms with E-state index in [4.69, 9.17) is 4.52 Å². The van der Waals surface area contributed by atoms with Crippen LogP contribution in [-0.2, 0) is 14.1 Å². The standard InChI is InChI=1S/C14H21O4P/c1-11(2)19(16,10-12(3)14(15)17-4)18-13-8-6-5-7-9-13/h5-9,11-12H,10H2,1-4H3. The molecule has 0 saturated carbocycles. The number of carbonyl (C=O) groups is 1. The molecule has 0 aliphatic rings. The van der Waals surface area contributed by atoms with Crippen molar-refractivity contribution in [3.8, 4) is 5.75 Å². The highest BCUT2D eigenvalue weighted by atomic mass is 31.2. The topological polar surface area (TPSA) is 52.6 Å². The molecular weight excluding hydrogens is 263 g/mol. The van der Waals surface area contributed by atoms with Crippen LogP contribution in [0.25, 0.3) is 0 Å². The van der Waals surface area contributed by atoms with Crippen molar-refractivity contribution < 1.29 is 18.6 Å². The first-order valence-electron chi connectivity index (χ1n) is 6.30. The molecule has 0 fully saturated rings. The van der Waals surface area contributed by atoms with Gasteiger partial charge >= 0.3 is 5.97 Å². The minimum atomic E-state index is -2.94. The van der Waals surface area contributed by atoms with E-state index in [9.17, 15) is 9.36 Å². The number of benzene rings is 1. The molecule has 0 spiro atoms. The van der Waals surface area contributed by atoms with Crippen LogP contribution in [-0.4, -0.2) is 24.9 Å². The van der Waals surface area contributed by atoms with E-state index in [1.165, 1.54) is 7.11 Å². The molecule has 0 aromatic heterocycles. The normalized spacial score (nSPS) is 15.6. The average Bonchev–Trinajstić information content (AvgIpc) is 2.38. The molecule has 0 N–H and O–H groups in total. The Hall–Kier alpha value is -1.28. The van der Waals surface area contributed by atoms with Crippen molar-refractivity contribution >= 4 is 13.3 Å². The Morgan fingerprint density at radius 1 is 1.21 bits per heavy atom. The average molecular weight is 284 g/mol. The minimum Gasteiger partial charge on any atom is -0.469 e. The Balaban J connectivity index is 2.86. The van der Waals surface area contributed by atoms with Gasteiger partial charge in [-0.1, -0.05) is 39.0 Å². The number of esters is 1. The molecule has 0 saturated heterocycles. The van der Waals surface area contributed by atoms with Gasteiger partial charge in [-0.3, -0.25) is 9.36 Å².